The van der Waals surface area contributed by atoms with Gasteiger partial charge in [-0.25, -0.2) is 0 Å². The number of hydrogen-bond donors (Lipinski definition) is 1. The van der Waals surface area contributed by atoms with E-state index >= 15 is 0 Å². The molecule has 3 amide bonds. The normalized spacial score (nSPS) is 14.1. The summed E-state index contributed by atoms with van der Waals surface area (Å²) in [5.74, 6) is -0.296. The van der Waals surface area contributed by atoms with E-state index in [9.17, 15) is 14.4 Å². The summed E-state index contributed by atoms with van der Waals surface area (Å²) in [4.78, 5) is 42.8. The number of benzene rings is 3. The molecule has 3 aromatic rings. The van der Waals surface area contributed by atoms with Crippen molar-refractivity contribution in [1.29, 1.82) is 0 Å². The molecule has 0 saturated heterocycles. The Hall–Kier alpha value is -3.19. The van der Waals surface area contributed by atoms with Gasteiger partial charge in [0.2, 0.25) is 11.8 Å². The number of halogens is 1. The standard InChI is InChI=1S/C29H32BrN3O3/c1-4-19(2)31-28(35)20(3)33(18-21-9-5-12-23(30)17-21)26(34)15-8-16-32-25-14-7-11-22-10-6-13-24(27(22)25)29(32)36/h5-7,9-14,17,19-20H,4,8,15-16,18H2,1-3H3,(H,31,35)/t19-,20+/m0/s1. The lowest BCUT2D eigenvalue weighted by molar-refractivity contribution is -0.140. The molecule has 0 aromatic heterocycles. The molecule has 0 radical (unpaired) electrons. The maximum absolute atomic E-state index is 13.4. The van der Waals surface area contributed by atoms with Crippen LogP contribution in [-0.2, 0) is 16.1 Å². The molecule has 1 aliphatic heterocycles. The molecule has 0 unspecified atom stereocenters. The van der Waals surface area contributed by atoms with E-state index in [2.05, 4.69) is 21.2 Å². The molecule has 1 aliphatic rings. The van der Waals surface area contributed by atoms with E-state index in [1.165, 1.54) is 0 Å². The minimum absolute atomic E-state index is 0.0264. The van der Waals surface area contributed by atoms with Crippen LogP contribution in [0.15, 0.2) is 65.1 Å². The highest BCUT2D eigenvalue weighted by atomic mass is 79.9. The van der Waals surface area contributed by atoms with Crippen molar-refractivity contribution < 1.29 is 14.4 Å². The quantitative estimate of drug-likeness (QED) is 0.354. The summed E-state index contributed by atoms with van der Waals surface area (Å²) >= 11 is 3.49. The lowest BCUT2D eigenvalue weighted by Crippen LogP contribution is -2.49. The first-order valence-electron chi connectivity index (χ1n) is 12.5. The molecular formula is C29H32BrN3O3. The summed E-state index contributed by atoms with van der Waals surface area (Å²) < 4.78 is 0.922. The fourth-order valence-electron chi connectivity index (χ4n) is 4.61. The molecule has 36 heavy (non-hydrogen) atoms. The molecule has 0 aliphatic carbocycles. The van der Waals surface area contributed by atoms with Crippen LogP contribution in [0.2, 0.25) is 0 Å². The third kappa shape index (κ3) is 5.46. The van der Waals surface area contributed by atoms with E-state index in [1.54, 1.807) is 16.7 Å². The van der Waals surface area contributed by atoms with Gasteiger partial charge in [0.1, 0.15) is 6.04 Å². The second-order valence-corrected chi connectivity index (χ2v) is 10.3. The fraction of sp³-hybridized carbons (Fsp3) is 0.345. The highest BCUT2D eigenvalue weighted by molar-refractivity contribution is 9.10. The summed E-state index contributed by atoms with van der Waals surface area (Å²) in [5.41, 5.74) is 2.55. The molecule has 1 N–H and O–H groups in total. The Kier molecular flexibility index (Phi) is 8.09. The zero-order valence-electron chi connectivity index (χ0n) is 21.0. The Labute approximate surface area is 220 Å². The van der Waals surface area contributed by atoms with Crippen LogP contribution in [0.1, 0.15) is 56.0 Å². The molecule has 1 heterocycles. The van der Waals surface area contributed by atoms with Crippen LogP contribution < -0.4 is 10.2 Å². The molecule has 3 aromatic carbocycles. The second kappa shape index (κ2) is 11.2. The summed E-state index contributed by atoms with van der Waals surface area (Å²) in [7, 11) is 0. The zero-order valence-corrected chi connectivity index (χ0v) is 22.5. The predicted molar refractivity (Wildman–Crippen MR) is 147 cm³/mol. The molecule has 7 heteroatoms. The smallest absolute Gasteiger partial charge is 0.258 e. The van der Waals surface area contributed by atoms with Crippen molar-refractivity contribution in [2.24, 2.45) is 0 Å². The van der Waals surface area contributed by atoms with Gasteiger partial charge in [0.25, 0.3) is 5.91 Å². The van der Waals surface area contributed by atoms with Gasteiger partial charge in [-0.05, 0) is 61.9 Å². The van der Waals surface area contributed by atoms with E-state index in [0.717, 1.165) is 32.9 Å². The number of nitrogens with zero attached hydrogens (tertiary/aromatic N) is 2. The van der Waals surface area contributed by atoms with Crippen molar-refractivity contribution in [3.63, 3.8) is 0 Å². The highest BCUT2D eigenvalue weighted by Crippen LogP contribution is 2.37. The van der Waals surface area contributed by atoms with Gasteiger partial charge in [0, 0.05) is 41.0 Å². The van der Waals surface area contributed by atoms with Crippen molar-refractivity contribution in [3.8, 4) is 0 Å². The molecule has 0 bridgehead atoms. The minimum atomic E-state index is -0.614. The van der Waals surface area contributed by atoms with Crippen LogP contribution in [0, 0.1) is 0 Å². The first-order chi connectivity index (χ1) is 17.3. The number of anilines is 1. The van der Waals surface area contributed by atoms with Gasteiger partial charge < -0.3 is 15.1 Å². The summed E-state index contributed by atoms with van der Waals surface area (Å²) in [6.07, 6.45) is 1.56. The van der Waals surface area contributed by atoms with Crippen LogP contribution in [0.25, 0.3) is 10.8 Å². The number of amides is 3. The second-order valence-electron chi connectivity index (χ2n) is 9.39. The van der Waals surface area contributed by atoms with Crippen LogP contribution in [0.5, 0.6) is 0 Å². The molecular weight excluding hydrogens is 518 g/mol. The van der Waals surface area contributed by atoms with E-state index in [1.807, 2.05) is 74.5 Å². The van der Waals surface area contributed by atoms with Crippen LogP contribution in [0.4, 0.5) is 5.69 Å². The molecule has 2 atom stereocenters. The molecule has 0 fully saturated rings. The van der Waals surface area contributed by atoms with Crippen LogP contribution in [0.3, 0.4) is 0 Å². The topological polar surface area (TPSA) is 69.7 Å². The average molecular weight is 550 g/mol. The maximum atomic E-state index is 13.4. The Morgan fingerprint density at radius 3 is 2.50 bits per heavy atom. The van der Waals surface area contributed by atoms with Gasteiger partial charge in [-0.2, -0.15) is 0 Å². The largest absolute Gasteiger partial charge is 0.352 e. The van der Waals surface area contributed by atoms with Crippen molar-refractivity contribution >= 4 is 50.1 Å². The van der Waals surface area contributed by atoms with Crippen molar-refractivity contribution in [3.05, 3.63) is 76.3 Å². The number of carbonyl (C=O) groups is 3. The average Bonchev–Trinajstić information content (AvgIpc) is 3.14. The monoisotopic (exact) mass is 549 g/mol. The Balaban J connectivity index is 1.46. The van der Waals surface area contributed by atoms with Crippen molar-refractivity contribution in [2.75, 3.05) is 11.4 Å². The van der Waals surface area contributed by atoms with Crippen molar-refractivity contribution in [1.82, 2.24) is 10.2 Å². The van der Waals surface area contributed by atoms with E-state index in [0.29, 0.717) is 25.1 Å². The SMILES string of the molecule is CC[C@H](C)NC(=O)[C@@H](C)N(Cc1cccc(Br)c1)C(=O)CCCN1C(=O)c2cccc3cccc1c23. The van der Waals surface area contributed by atoms with Gasteiger partial charge in [0.05, 0.1) is 5.69 Å². The van der Waals surface area contributed by atoms with Gasteiger partial charge >= 0.3 is 0 Å². The van der Waals surface area contributed by atoms with Gasteiger partial charge in [-0.3, -0.25) is 14.4 Å². The summed E-state index contributed by atoms with van der Waals surface area (Å²) in [6, 6.07) is 18.9. The number of nitrogens with one attached hydrogen (secondary N) is 1. The zero-order chi connectivity index (χ0) is 25.8. The van der Waals surface area contributed by atoms with Crippen LogP contribution in [-0.4, -0.2) is 41.2 Å². The Morgan fingerprint density at radius 2 is 1.78 bits per heavy atom. The fourth-order valence-corrected chi connectivity index (χ4v) is 5.06. The van der Waals surface area contributed by atoms with Crippen molar-refractivity contribution in [2.45, 2.75) is 58.7 Å². The maximum Gasteiger partial charge on any atom is 0.258 e. The third-order valence-corrected chi connectivity index (χ3v) is 7.32. The van der Waals surface area contributed by atoms with Gasteiger partial charge in [0.15, 0.2) is 0 Å². The molecule has 0 spiro atoms. The minimum Gasteiger partial charge on any atom is -0.352 e. The lowest BCUT2D eigenvalue weighted by atomic mass is 10.1. The molecule has 0 saturated carbocycles. The lowest BCUT2D eigenvalue weighted by Gasteiger charge is -2.30. The molecule has 6 nitrogen and oxygen atoms in total. The summed E-state index contributed by atoms with van der Waals surface area (Å²) in [6.45, 7) is 6.52. The molecule has 4 rings (SSSR count). The van der Waals surface area contributed by atoms with E-state index in [-0.39, 0.29) is 30.2 Å². The summed E-state index contributed by atoms with van der Waals surface area (Å²) in [5, 5.41) is 5.01. The first kappa shape index (κ1) is 25.9. The first-order valence-corrected chi connectivity index (χ1v) is 13.3. The number of carbonyl (C=O) groups excluding carboxylic acids is 3. The molecule has 188 valence electrons. The number of rotatable bonds is 10. The van der Waals surface area contributed by atoms with E-state index in [4.69, 9.17) is 0 Å². The van der Waals surface area contributed by atoms with Crippen LogP contribution >= 0.6 is 15.9 Å². The van der Waals surface area contributed by atoms with Gasteiger partial charge in [-0.15, -0.1) is 0 Å². The van der Waals surface area contributed by atoms with Gasteiger partial charge in [-0.1, -0.05) is 59.3 Å². The Bertz CT molecular complexity index is 1290. The number of hydrogen-bond acceptors (Lipinski definition) is 3. The van der Waals surface area contributed by atoms with E-state index < -0.39 is 6.04 Å². The Morgan fingerprint density at radius 1 is 1.06 bits per heavy atom. The third-order valence-electron chi connectivity index (χ3n) is 6.83. The highest BCUT2D eigenvalue weighted by Gasteiger charge is 2.30. The predicted octanol–water partition coefficient (Wildman–Crippen LogP) is 5.67.